The van der Waals surface area contributed by atoms with Crippen molar-refractivity contribution >= 4 is 55.0 Å². The molecule has 0 saturated heterocycles. The standard InChI is InChI=1S/C26H36N4O3S2.ClH/c1-7-8-15-29(6)35(32,33)22-12-10-21(11-13-22)25(31)30(16-9-14-28(4)5)26-27-23-18-19(2)17-20(3)24(23)34-26;/h10-13,17-18H,7-9,14-16H2,1-6H3;1H. The number of carbonyl (C=O) groups excluding carboxylic acids is 1. The Morgan fingerprint density at radius 3 is 2.25 bits per heavy atom. The number of thiazole rings is 1. The number of benzene rings is 2. The van der Waals surface area contributed by atoms with Gasteiger partial charge in [-0.15, -0.1) is 12.4 Å². The molecule has 0 bridgehead atoms. The summed E-state index contributed by atoms with van der Waals surface area (Å²) >= 11 is 1.52. The van der Waals surface area contributed by atoms with Crippen molar-refractivity contribution in [2.45, 2.75) is 44.9 Å². The van der Waals surface area contributed by atoms with Gasteiger partial charge in [0.2, 0.25) is 10.0 Å². The molecule has 1 amide bonds. The van der Waals surface area contributed by atoms with E-state index in [0.29, 0.717) is 23.8 Å². The highest BCUT2D eigenvalue weighted by Gasteiger charge is 2.24. The first-order chi connectivity index (χ1) is 16.5. The highest BCUT2D eigenvalue weighted by atomic mass is 35.5. The normalized spacial score (nSPS) is 11.8. The summed E-state index contributed by atoms with van der Waals surface area (Å²) in [6.45, 7) is 7.96. The molecule has 7 nitrogen and oxygen atoms in total. The molecule has 10 heteroatoms. The number of aryl methyl sites for hydroxylation is 2. The number of nitrogens with zero attached hydrogens (tertiary/aromatic N) is 4. The molecule has 36 heavy (non-hydrogen) atoms. The second-order valence-electron chi connectivity index (χ2n) is 9.24. The quantitative estimate of drug-likeness (QED) is 0.320. The lowest BCUT2D eigenvalue weighted by Crippen LogP contribution is -2.33. The van der Waals surface area contributed by atoms with E-state index in [1.807, 2.05) is 34.0 Å². The van der Waals surface area contributed by atoms with Gasteiger partial charge in [-0.2, -0.15) is 0 Å². The Morgan fingerprint density at radius 2 is 1.64 bits per heavy atom. The summed E-state index contributed by atoms with van der Waals surface area (Å²) < 4.78 is 28.2. The van der Waals surface area contributed by atoms with Crippen molar-refractivity contribution in [2.24, 2.45) is 0 Å². The predicted octanol–water partition coefficient (Wildman–Crippen LogP) is 5.35. The van der Waals surface area contributed by atoms with E-state index in [0.717, 1.165) is 47.2 Å². The third-order valence-electron chi connectivity index (χ3n) is 5.91. The maximum Gasteiger partial charge on any atom is 0.260 e. The molecule has 0 aliphatic heterocycles. The van der Waals surface area contributed by atoms with Crippen LogP contribution in [0.2, 0.25) is 0 Å². The first-order valence-electron chi connectivity index (χ1n) is 12.0. The topological polar surface area (TPSA) is 73.8 Å². The third-order valence-corrected chi connectivity index (χ3v) is 9.01. The summed E-state index contributed by atoms with van der Waals surface area (Å²) in [6.07, 6.45) is 2.51. The molecular weight excluding hydrogens is 516 g/mol. The van der Waals surface area contributed by atoms with Crippen LogP contribution in [0.25, 0.3) is 10.2 Å². The molecule has 0 radical (unpaired) electrons. The molecule has 0 N–H and O–H groups in total. The lowest BCUT2D eigenvalue weighted by atomic mass is 10.1. The van der Waals surface area contributed by atoms with Crippen LogP contribution in [-0.2, 0) is 10.0 Å². The molecule has 3 aromatic rings. The van der Waals surface area contributed by atoms with E-state index in [4.69, 9.17) is 4.98 Å². The Balaban J connectivity index is 0.00000456. The van der Waals surface area contributed by atoms with E-state index >= 15 is 0 Å². The van der Waals surface area contributed by atoms with E-state index in [2.05, 4.69) is 17.9 Å². The number of unbranched alkanes of at least 4 members (excludes halogenated alkanes) is 1. The fraction of sp³-hybridized carbons (Fsp3) is 0.462. The molecular formula is C26H37ClN4O3S2. The summed E-state index contributed by atoms with van der Waals surface area (Å²) in [5, 5.41) is 0.661. The van der Waals surface area contributed by atoms with Crippen molar-refractivity contribution in [1.29, 1.82) is 0 Å². The molecule has 198 valence electrons. The van der Waals surface area contributed by atoms with Gasteiger partial charge in [0, 0.05) is 25.7 Å². The van der Waals surface area contributed by atoms with Gasteiger partial charge in [0.05, 0.1) is 15.1 Å². The van der Waals surface area contributed by atoms with Crippen LogP contribution >= 0.6 is 23.7 Å². The van der Waals surface area contributed by atoms with E-state index in [9.17, 15) is 13.2 Å². The van der Waals surface area contributed by atoms with E-state index in [1.54, 1.807) is 24.1 Å². The molecule has 0 aliphatic rings. The van der Waals surface area contributed by atoms with Gasteiger partial charge in [0.1, 0.15) is 0 Å². The van der Waals surface area contributed by atoms with Crippen LogP contribution in [0.5, 0.6) is 0 Å². The number of carbonyl (C=O) groups is 1. The summed E-state index contributed by atoms with van der Waals surface area (Å²) in [7, 11) is 2.02. The van der Waals surface area contributed by atoms with Gasteiger partial charge < -0.3 is 4.90 Å². The number of rotatable bonds is 11. The van der Waals surface area contributed by atoms with Crippen LogP contribution in [0, 0.1) is 13.8 Å². The van der Waals surface area contributed by atoms with Crippen molar-refractivity contribution in [3.63, 3.8) is 0 Å². The Bertz CT molecular complexity index is 1270. The first kappa shape index (κ1) is 30.2. The summed E-state index contributed by atoms with van der Waals surface area (Å²) in [4.78, 5) is 22.4. The van der Waals surface area contributed by atoms with Gasteiger partial charge in [-0.25, -0.2) is 17.7 Å². The van der Waals surface area contributed by atoms with Crippen LogP contribution in [-0.4, -0.2) is 69.3 Å². The Labute approximate surface area is 225 Å². The summed E-state index contributed by atoms with van der Waals surface area (Å²) in [5.74, 6) is -0.180. The molecule has 3 rings (SSSR count). The van der Waals surface area contributed by atoms with Crippen molar-refractivity contribution in [3.05, 3.63) is 53.1 Å². The average Bonchev–Trinajstić information content (AvgIpc) is 3.23. The molecule has 0 aliphatic carbocycles. The van der Waals surface area contributed by atoms with Crippen molar-refractivity contribution in [3.8, 4) is 0 Å². The van der Waals surface area contributed by atoms with Gasteiger partial charge in [-0.3, -0.25) is 9.69 Å². The summed E-state index contributed by atoms with van der Waals surface area (Å²) in [5.41, 5.74) is 3.62. The zero-order valence-corrected chi connectivity index (χ0v) is 24.4. The van der Waals surface area contributed by atoms with Gasteiger partial charge in [0.25, 0.3) is 5.91 Å². The number of aromatic nitrogens is 1. The summed E-state index contributed by atoms with van der Waals surface area (Å²) in [6, 6.07) is 10.4. The highest BCUT2D eigenvalue weighted by Crippen LogP contribution is 2.33. The van der Waals surface area contributed by atoms with Crippen LogP contribution in [0.1, 0.15) is 47.7 Å². The van der Waals surface area contributed by atoms with E-state index in [1.165, 1.54) is 27.8 Å². The van der Waals surface area contributed by atoms with Gasteiger partial charge >= 0.3 is 0 Å². The Morgan fingerprint density at radius 1 is 0.972 bits per heavy atom. The number of sulfonamides is 1. The van der Waals surface area contributed by atoms with Crippen molar-refractivity contribution in [2.75, 3.05) is 45.7 Å². The number of halogens is 1. The minimum absolute atomic E-state index is 0. The van der Waals surface area contributed by atoms with E-state index < -0.39 is 10.0 Å². The third kappa shape index (κ3) is 7.04. The van der Waals surface area contributed by atoms with Crippen LogP contribution < -0.4 is 4.90 Å². The minimum Gasteiger partial charge on any atom is -0.309 e. The molecule has 0 unspecified atom stereocenters. The largest absolute Gasteiger partial charge is 0.309 e. The fourth-order valence-corrected chi connectivity index (χ4v) is 6.17. The highest BCUT2D eigenvalue weighted by molar-refractivity contribution is 7.89. The average molecular weight is 553 g/mol. The predicted molar refractivity (Wildman–Crippen MR) is 152 cm³/mol. The van der Waals surface area contributed by atoms with Gasteiger partial charge in [-0.05, 0) is 88.8 Å². The molecule has 1 aromatic heterocycles. The van der Waals surface area contributed by atoms with Crippen molar-refractivity contribution < 1.29 is 13.2 Å². The molecule has 0 saturated carbocycles. The van der Waals surface area contributed by atoms with Crippen molar-refractivity contribution in [1.82, 2.24) is 14.2 Å². The molecule has 0 atom stereocenters. The van der Waals surface area contributed by atoms with Gasteiger partial charge in [0.15, 0.2) is 5.13 Å². The SMILES string of the molecule is CCCCN(C)S(=O)(=O)c1ccc(C(=O)N(CCCN(C)C)c2nc3cc(C)cc(C)c3s2)cc1.Cl. The number of fused-ring (bicyclic) bond motifs is 1. The maximum atomic E-state index is 13.6. The monoisotopic (exact) mass is 552 g/mol. The molecule has 2 aromatic carbocycles. The van der Waals surface area contributed by atoms with Crippen LogP contribution in [0.3, 0.4) is 0 Å². The molecule has 0 spiro atoms. The number of hydrogen-bond donors (Lipinski definition) is 0. The number of hydrogen-bond acceptors (Lipinski definition) is 6. The Hall–Kier alpha value is -2.04. The molecule has 0 fully saturated rings. The molecule has 1 heterocycles. The van der Waals surface area contributed by atoms with Crippen LogP contribution in [0.15, 0.2) is 41.3 Å². The number of anilines is 1. The lowest BCUT2D eigenvalue weighted by Gasteiger charge is -2.21. The van der Waals surface area contributed by atoms with Crippen LogP contribution in [0.4, 0.5) is 5.13 Å². The zero-order chi connectivity index (χ0) is 25.8. The maximum absolute atomic E-state index is 13.6. The Kier molecular flexibility index (Phi) is 10.9. The number of amides is 1. The minimum atomic E-state index is -3.58. The second kappa shape index (κ2) is 13.0. The fourth-order valence-electron chi connectivity index (χ4n) is 3.92. The van der Waals surface area contributed by atoms with Gasteiger partial charge in [-0.1, -0.05) is 30.7 Å². The smallest absolute Gasteiger partial charge is 0.260 e. The zero-order valence-electron chi connectivity index (χ0n) is 21.9. The van der Waals surface area contributed by atoms with E-state index in [-0.39, 0.29) is 23.2 Å². The second-order valence-corrected chi connectivity index (χ2v) is 12.3. The first-order valence-corrected chi connectivity index (χ1v) is 14.2. The lowest BCUT2D eigenvalue weighted by molar-refractivity contribution is 0.0986.